The minimum absolute atomic E-state index is 0.0419. The van der Waals surface area contributed by atoms with Crippen LogP contribution in [0.25, 0.3) is 0 Å². The maximum atomic E-state index is 12.6. The van der Waals surface area contributed by atoms with Gasteiger partial charge in [-0.25, -0.2) is 8.78 Å². The molecule has 0 aliphatic heterocycles. The van der Waals surface area contributed by atoms with Gasteiger partial charge in [-0.1, -0.05) is 32.6 Å². The summed E-state index contributed by atoms with van der Waals surface area (Å²) in [7, 11) is 0. The van der Waals surface area contributed by atoms with Crippen molar-refractivity contribution in [3.63, 3.8) is 0 Å². The van der Waals surface area contributed by atoms with Gasteiger partial charge >= 0.3 is 12.3 Å². The summed E-state index contributed by atoms with van der Waals surface area (Å²) in [6, 6.07) is 0. The van der Waals surface area contributed by atoms with Gasteiger partial charge in [0.1, 0.15) is 0 Å². The lowest BCUT2D eigenvalue weighted by molar-refractivity contribution is -0.169. The third-order valence-electron chi connectivity index (χ3n) is 3.55. The quantitative estimate of drug-likeness (QED) is 0.763. The molecule has 0 unspecified atom stereocenters. The topological polar surface area (TPSA) is 29.1 Å². The van der Waals surface area contributed by atoms with E-state index in [0.29, 0.717) is 18.3 Å². The molecule has 0 bridgehead atoms. The lowest BCUT2D eigenvalue weighted by Crippen LogP contribution is -2.45. The number of nitrogens with one attached hydrogen (secondary N) is 1. The van der Waals surface area contributed by atoms with Gasteiger partial charge in [-0.3, -0.25) is 4.79 Å². The summed E-state index contributed by atoms with van der Waals surface area (Å²) in [4.78, 5) is 10.9. The van der Waals surface area contributed by atoms with Gasteiger partial charge in [-0.05, 0) is 18.3 Å². The molecule has 1 fully saturated rings. The molecule has 1 saturated carbocycles. The first-order valence-electron chi connectivity index (χ1n) is 6.28. The average molecular weight is 269 g/mol. The normalized spacial score (nSPS) is 25.2. The Balaban J connectivity index is 2.23. The number of halogens is 4. The van der Waals surface area contributed by atoms with Crippen molar-refractivity contribution in [1.29, 1.82) is 0 Å². The zero-order valence-electron chi connectivity index (χ0n) is 10.4. The molecule has 0 atom stereocenters. The SMILES string of the molecule is CC1CCC(CCNC(=O)C(F)(F)C(F)F)CC1. The van der Waals surface area contributed by atoms with E-state index in [1.54, 1.807) is 0 Å². The summed E-state index contributed by atoms with van der Waals surface area (Å²) in [6.07, 6.45) is 0.868. The number of hydrogen-bond donors (Lipinski definition) is 1. The fraction of sp³-hybridized carbons (Fsp3) is 0.917. The van der Waals surface area contributed by atoms with Crippen LogP contribution < -0.4 is 5.32 Å². The third kappa shape index (κ3) is 4.14. The second-order valence-corrected chi connectivity index (χ2v) is 5.09. The molecule has 0 spiro atoms. The molecule has 6 heteroatoms. The van der Waals surface area contributed by atoms with Gasteiger partial charge in [0.15, 0.2) is 0 Å². The van der Waals surface area contributed by atoms with E-state index in [2.05, 4.69) is 6.92 Å². The summed E-state index contributed by atoms with van der Waals surface area (Å²) in [5, 5.41) is 1.89. The third-order valence-corrected chi connectivity index (χ3v) is 3.55. The number of carbonyl (C=O) groups excluding carboxylic acids is 1. The maximum Gasteiger partial charge on any atom is 0.383 e. The van der Waals surface area contributed by atoms with Crippen LogP contribution in [-0.4, -0.2) is 24.8 Å². The highest BCUT2D eigenvalue weighted by molar-refractivity contribution is 5.83. The first kappa shape index (κ1) is 15.2. The lowest BCUT2D eigenvalue weighted by Gasteiger charge is -2.26. The Morgan fingerprint density at radius 3 is 2.33 bits per heavy atom. The van der Waals surface area contributed by atoms with Gasteiger partial charge in [0.05, 0.1) is 0 Å². The molecule has 0 radical (unpaired) electrons. The Labute approximate surface area is 104 Å². The molecule has 106 valence electrons. The minimum atomic E-state index is -4.58. The Kier molecular flexibility index (Phi) is 5.41. The van der Waals surface area contributed by atoms with Crippen molar-refractivity contribution in [1.82, 2.24) is 5.32 Å². The van der Waals surface area contributed by atoms with E-state index in [-0.39, 0.29) is 6.54 Å². The highest BCUT2D eigenvalue weighted by atomic mass is 19.3. The predicted octanol–water partition coefficient (Wildman–Crippen LogP) is 3.22. The van der Waals surface area contributed by atoms with Gasteiger partial charge in [0, 0.05) is 6.54 Å². The predicted molar refractivity (Wildman–Crippen MR) is 59.7 cm³/mol. The molecule has 0 saturated heterocycles. The zero-order chi connectivity index (χ0) is 13.8. The van der Waals surface area contributed by atoms with E-state index in [0.717, 1.165) is 25.7 Å². The number of carbonyl (C=O) groups is 1. The highest BCUT2D eigenvalue weighted by Gasteiger charge is 2.48. The second kappa shape index (κ2) is 6.38. The molecule has 1 aliphatic rings. The molecular weight excluding hydrogens is 250 g/mol. The lowest BCUT2D eigenvalue weighted by atomic mass is 9.81. The summed E-state index contributed by atoms with van der Waals surface area (Å²) in [5.74, 6) is -5.36. The summed E-state index contributed by atoms with van der Waals surface area (Å²) in [5.41, 5.74) is 0. The van der Waals surface area contributed by atoms with Crippen LogP contribution in [0.1, 0.15) is 39.0 Å². The molecule has 0 heterocycles. The van der Waals surface area contributed by atoms with Crippen molar-refractivity contribution in [3.8, 4) is 0 Å². The Hall–Kier alpha value is -0.810. The number of rotatable bonds is 5. The number of amides is 1. The first-order chi connectivity index (χ1) is 8.34. The Morgan fingerprint density at radius 2 is 1.83 bits per heavy atom. The van der Waals surface area contributed by atoms with Crippen molar-refractivity contribution >= 4 is 5.91 Å². The molecule has 0 aromatic carbocycles. The fourth-order valence-corrected chi connectivity index (χ4v) is 2.22. The van der Waals surface area contributed by atoms with E-state index in [1.807, 2.05) is 5.32 Å². The van der Waals surface area contributed by atoms with Crippen molar-refractivity contribution in [2.75, 3.05) is 6.54 Å². The highest BCUT2D eigenvalue weighted by Crippen LogP contribution is 2.30. The molecule has 0 aromatic heterocycles. The van der Waals surface area contributed by atoms with E-state index in [9.17, 15) is 22.4 Å². The molecule has 1 rings (SSSR count). The van der Waals surface area contributed by atoms with Crippen LogP contribution >= 0.6 is 0 Å². The smallest absolute Gasteiger partial charge is 0.351 e. The first-order valence-corrected chi connectivity index (χ1v) is 6.28. The van der Waals surface area contributed by atoms with Crippen LogP contribution in [0, 0.1) is 11.8 Å². The standard InChI is InChI=1S/C12H19F4NO/c1-8-2-4-9(5-3-8)6-7-17-11(18)12(15,16)10(13)14/h8-10H,2-7H2,1H3,(H,17,18). The van der Waals surface area contributed by atoms with Crippen LogP contribution in [0.5, 0.6) is 0 Å². The van der Waals surface area contributed by atoms with Crippen molar-refractivity contribution in [2.45, 2.75) is 51.4 Å². The Morgan fingerprint density at radius 1 is 1.28 bits per heavy atom. The molecular formula is C12H19F4NO. The molecule has 1 amide bonds. The zero-order valence-corrected chi connectivity index (χ0v) is 10.4. The molecule has 1 N–H and O–H groups in total. The van der Waals surface area contributed by atoms with Crippen molar-refractivity contribution in [2.24, 2.45) is 11.8 Å². The summed E-state index contributed by atoms with van der Waals surface area (Å²) >= 11 is 0. The summed E-state index contributed by atoms with van der Waals surface area (Å²) < 4.78 is 48.9. The van der Waals surface area contributed by atoms with Gasteiger partial charge in [-0.2, -0.15) is 8.78 Å². The Bertz CT molecular complexity index is 275. The monoisotopic (exact) mass is 269 g/mol. The van der Waals surface area contributed by atoms with E-state index in [1.165, 1.54) is 0 Å². The number of alkyl halides is 4. The molecule has 0 aromatic rings. The number of hydrogen-bond acceptors (Lipinski definition) is 1. The average Bonchev–Trinajstić information content (AvgIpc) is 2.31. The van der Waals surface area contributed by atoms with E-state index < -0.39 is 18.3 Å². The van der Waals surface area contributed by atoms with Crippen LogP contribution in [0.15, 0.2) is 0 Å². The van der Waals surface area contributed by atoms with Crippen LogP contribution in [-0.2, 0) is 4.79 Å². The van der Waals surface area contributed by atoms with Crippen molar-refractivity contribution < 1.29 is 22.4 Å². The van der Waals surface area contributed by atoms with Crippen LogP contribution in [0.3, 0.4) is 0 Å². The molecule has 2 nitrogen and oxygen atoms in total. The second-order valence-electron chi connectivity index (χ2n) is 5.09. The van der Waals surface area contributed by atoms with Gasteiger partial charge in [0.2, 0.25) is 0 Å². The van der Waals surface area contributed by atoms with Gasteiger partial charge in [0.25, 0.3) is 5.91 Å². The van der Waals surface area contributed by atoms with Crippen LogP contribution in [0.4, 0.5) is 17.6 Å². The van der Waals surface area contributed by atoms with Crippen LogP contribution in [0.2, 0.25) is 0 Å². The van der Waals surface area contributed by atoms with Crippen molar-refractivity contribution in [3.05, 3.63) is 0 Å². The largest absolute Gasteiger partial charge is 0.383 e. The van der Waals surface area contributed by atoms with E-state index in [4.69, 9.17) is 0 Å². The minimum Gasteiger partial charge on any atom is -0.351 e. The van der Waals surface area contributed by atoms with Gasteiger partial charge < -0.3 is 5.32 Å². The fourth-order valence-electron chi connectivity index (χ4n) is 2.22. The van der Waals surface area contributed by atoms with E-state index >= 15 is 0 Å². The summed E-state index contributed by atoms with van der Waals surface area (Å²) in [6.45, 7) is 2.21. The van der Waals surface area contributed by atoms with Gasteiger partial charge in [-0.15, -0.1) is 0 Å². The maximum absolute atomic E-state index is 12.6. The molecule has 1 aliphatic carbocycles. The molecule has 18 heavy (non-hydrogen) atoms.